The lowest BCUT2D eigenvalue weighted by molar-refractivity contribution is -0.140. The second kappa shape index (κ2) is 13.3. The van der Waals surface area contributed by atoms with Crippen LogP contribution in [0.1, 0.15) is 56.9 Å². The van der Waals surface area contributed by atoms with E-state index in [0.717, 1.165) is 79.6 Å². The maximum Gasteiger partial charge on any atom is 0.305 e. The summed E-state index contributed by atoms with van der Waals surface area (Å²) in [4.78, 5) is 42.1. The highest BCUT2D eigenvalue weighted by Crippen LogP contribution is 2.32. The molecule has 0 unspecified atom stereocenters. The molecule has 2 aromatic heterocycles. The molecular weight excluding hydrogens is 514 g/mol. The van der Waals surface area contributed by atoms with Crippen molar-refractivity contribution in [2.75, 3.05) is 55.5 Å². The van der Waals surface area contributed by atoms with E-state index in [1.807, 2.05) is 60.4 Å². The van der Waals surface area contributed by atoms with Crippen LogP contribution < -0.4 is 14.7 Å². The topological polar surface area (TPSA) is 78.9 Å². The number of fused-ring (bicyclic) bond motifs is 1. The Bertz CT molecular complexity index is 1330. The van der Waals surface area contributed by atoms with Crippen LogP contribution in [0.4, 0.5) is 17.3 Å². The summed E-state index contributed by atoms with van der Waals surface area (Å²) in [5.74, 6) is 2.08. The van der Waals surface area contributed by atoms with E-state index in [1.165, 1.54) is 13.5 Å². The number of ether oxygens (including phenoxy) is 1. The third-order valence-electron chi connectivity index (χ3n) is 8.72. The highest BCUT2D eigenvalue weighted by molar-refractivity contribution is 5.96. The first kappa shape index (κ1) is 28.8. The van der Waals surface area contributed by atoms with Gasteiger partial charge < -0.3 is 14.5 Å². The number of benzene rings is 1. The van der Waals surface area contributed by atoms with Crippen LogP contribution in [0, 0.1) is 11.8 Å². The number of aromatic nitrogens is 2. The number of nitrogens with zero attached hydrogens (tertiary/aromatic N) is 5. The predicted octanol–water partition coefficient (Wildman–Crippen LogP) is 5.63. The molecule has 8 nitrogen and oxygen atoms in total. The number of aryl methyl sites for hydroxylation is 1. The summed E-state index contributed by atoms with van der Waals surface area (Å²) in [7, 11) is 5.42. The Kier molecular flexibility index (Phi) is 9.37. The van der Waals surface area contributed by atoms with Gasteiger partial charge in [0.1, 0.15) is 11.6 Å². The SMILES string of the molecule is COC(=O)CCc1cc(N(CC2CCN(c3ccc(N(C)C)nc3)CC2)C(=O)C2CCCCC2)nc2ccccc12. The fraction of sp³-hybridized carbons (Fsp3) is 0.515. The molecule has 1 aliphatic carbocycles. The van der Waals surface area contributed by atoms with Crippen LogP contribution in [0.25, 0.3) is 10.9 Å². The summed E-state index contributed by atoms with van der Waals surface area (Å²) in [5, 5.41) is 1.02. The van der Waals surface area contributed by atoms with Crippen LogP contribution in [0.15, 0.2) is 48.7 Å². The fourth-order valence-corrected chi connectivity index (χ4v) is 6.24. The largest absolute Gasteiger partial charge is 0.469 e. The number of carbonyl (C=O) groups excluding carboxylic acids is 2. The van der Waals surface area contributed by atoms with Crippen molar-refractivity contribution in [3.8, 4) is 0 Å². The van der Waals surface area contributed by atoms with Crippen molar-refractivity contribution in [3.05, 3.63) is 54.2 Å². The zero-order chi connectivity index (χ0) is 28.8. The molecule has 1 saturated carbocycles. The van der Waals surface area contributed by atoms with Gasteiger partial charge in [-0.3, -0.25) is 14.5 Å². The highest BCUT2D eigenvalue weighted by Gasteiger charge is 2.31. The summed E-state index contributed by atoms with van der Waals surface area (Å²) in [6, 6.07) is 14.3. The van der Waals surface area contributed by atoms with Crippen LogP contribution in [0.2, 0.25) is 0 Å². The molecule has 0 spiro atoms. The van der Waals surface area contributed by atoms with Gasteiger partial charge in [-0.25, -0.2) is 9.97 Å². The number of piperidine rings is 1. The summed E-state index contributed by atoms with van der Waals surface area (Å²) in [6.07, 6.45) is 10.1. The summed E-state index contributed by atoms with van der Waals surface area (Å²) in [5.41, 5.74) is 3.03. The summed E-state index contributed by atoms with van der Waals surface area (Å²) >= 11 is 0. The van der Waals surface area contributed by atoms with Gasteiger partial charge in [0, 0.05) is 51.5 Å². The maximum absolute atomic E-state index is 14.1. The second-order valence-electron chi connectivity index (χ2n) is 11.7. The Hall–Kier alpha value is -3.68. The van der Waals surface area contributed by atoms with Gasteiger partial charge in [-0.15, -0.1) is 0 Å². The number of esters is 1. The quantitative estimate of drug-likeness (QED) is 0.316. The van der Waals surface area contributed by atoms with Gasteiger partial charge in [0.2, 0.25) is 5.91 Å². The third kappa shape index (κ3) is 6.97. The van der Waals surface area contributed by atoms with Crippen LogP contribution in [-0.2, 0) is 20.7 Å². The molecule has 218 valence electrons. The van der Waals surface area contributed by atoms with Crippen LogP contribution >= 0.6 is 0 Å². The first-order valence-electron chi connectivity index (χ1n) is 15.1. The number of amides is 1. The minimum absolute atomic E-state index is 0.0527. The van der Waals surface area contributed by atoms with Gasteiger partial charge >= 0.3 is 5.97 Å². The Balaban J connectivity index is 1.37. The van der Waals surface area contributed by atoms with E-state index in [1.54, 1.807) is 0 Å². The van der Waals surface area contributed by atoms with Gasteiger partial charge in [-0.1, -0.05) is 37.5 Å². The van der Waals surface area contributed by atoms with Crippen LogP contribution in [0.5, 0.6) is 0 Å². The van der Waals surface area contributed by atoms with Gasteiger partial charge in [-0.2, -0.15) is 0 Å². The lowest BCUT2D eigenvalue weighted by Crippen LogP contribution is -2.44. The second-order valence-corrected chi connectivity index (χ2v) is 11.7. The van der Waals surface area contributed by atoms with Crippen LogP contribution in [-0.4, -0.2) is 62.7 Å². The molecule has 0 atom stereocenters. The molecule has 2 aliphatic rings. The number of carbonyl (C=O) groups is 2. The summed E-state index contributed by atoms with van der Waals surface area (Å²) < 4.78 is 4.91. The van der Waals surface area contributed by atoms with Gasteiger partial charge in [0.15, 0.2) is 0 Å². The standard InChI is InChI=1S/C33H43N5O3/c1-36(2)30-15-14-27(22-34-30)37-19-17-24(18-20-37)23-38(33(40)25-9-5-4-6-10-25)31-21-26(13-16-32(39)41-3)28-11-7-8-12-29(28)35-31/h7-8,11-12,14-15,21-22,24-25H,4-6,9-10,13,16-20,23H2,1-3H3. The van der Waals surface area contributed by atoms with E-state index in [2.05, 4.69) is 22.0 Å². The van der Waals surface area contributed by atoms with Crippen molar-refractivity contribution < 1.29 is 14.3 Å². The van der Waals surface area contributed by atoms with Crippen molar-refractivity contribution in [1.29, 1.82) is 0 Å². The van der Waals surface area contributed by atoms with E-state index in [9.17, 15) is 9.59 Å². The average Bonchev–Trinajstić information content (AvgIpc) is 3.02. The van der Waals surface area contributed by atoms with Crippen LogP contribution in [0.3, 0.4) is 0 Å². The molecule has 0 radical (unpaired) electrons. The molecule has 1 aromatic carbocycles. The van der Waals surface area contributed by atoms with Crippen molar-refractivity contribution in [2.24, 2.45) is 11.8 Å². The zero-order valence-electron chi connectivity index (χ0n) is 24.7. The van der Waals surface area contributed by atoms with Crippen molar-refractivity contribution in [2.45, 2.75) is 57.8 Å². The number of para-hydroxylation sites is 1. The minimum atomic E-state index is -0.235. The summed E-state index contributed by atoms with van der Waals surface area (Å²) in [6.45, 7) is 2.55. The molecule has 1 aliphatic heterocycles. The molecule has 5 rings (SSSR count). The lowest BCUT2D eigenvalue weighted by Gasteiger charge is -2.37. The molecule has 41 heavy (non-hydrogen) atoms. The molecule has 3 heterocycles. The predicted molar refractivity (Wildman–Crippen MR) is 165 cm³/mol. The molecule has 1 saturated heterocycles. The maximum atomic E-state index is 14.1. The lowest BCUT2D eigenvalue weighted by atomic mass is 9.87. The molecule has 8 heteroatoms. The molecule has 2 fully saturated rings. The Labute approximate surface area is 243 Å². The molecule has 1 amide bonds. The van der Waals surface area contributed by atoms with Crippen molar-refractivity contribution in [3.63, 3.8) is 0 Å². The smallest absolute Gasteiger partial charge is 0.305 e. The van der Waals surface area contributed by atoms with Gasteiger partial charge in [0.05, 0.1) is 24.5 Å². The minimum Gasteiger partial charge on any atom is -0.469 e. The molecule has 0 bridgehead atoms. The molecule has 0 N–H and O–H groups in total. The molecule has 3 aromatic rings. The molecular formula is C33H43N5O3. The number of pyridine rings is 2. The third-order valence-corrected chi connectivity index (χ3v) is 8.72. The fourth-order valence-electron chi connectivity index (χ4n) is 6.24. The Morgan fingerprint density at radius 1 is 0.976 bits per heavy atom. The first-order chi connectivity index (χ1) is 19.9. The normalized spacial score (nSPS) is 16.5. The first-order valence-corrected chi connectivity index (χ1v) is 15.1. The number of hydrogen-bond donors (Lipinski definition) is 0. The Morgan fingerprint density at radius 3 is 2.41 bits per heavy atom. The van der Waals surface area contributed by atoms with Crippen molar-refractivity contribution >= 4 is 40.1 Å². The number of hydrogen-bond acceptors (Lipinski definition) is 7. The number of anilines is 3. The van der Waals surface area contributed by atoms with Gasteiger partial charge in [0.25, 0.3) is 0 Å². The highest BCUT2D eigenvalue weighted by atomic mass is 16.5. The Morgan fingerprint density at radius 2 is 1.73 bits per heavy atom. The zero-order valence-corrected chi connectivity index (χ0v) is 24.7. The van der Waals surface area contributed by atoms with E-state index in [-0.39, 0.29) is 17.8 Å². The van der Waals surface area contributed by atoms with E-state index < -0.39 is 0 Å². The number of rotatable bonds is 9. The van der Waals surface area contributed by atoms with E-state index >= 15 is 0 Å². The average molecular weight is 558 g/mol. The van der Waals surface area contributed by atoms with Crippen molar-refractivity contribution in [1.82, 2.24) is 9.97 Å². The van der Waals surface area contributed by atoms with E-state index in [0.29, 0.717) is 31.1 Å². The van der Waals surface area contributed by atoms with E-state index in [4.69, 9.17) is 9.72 Å². The monoisotopic (exact) mass is 557 g/mol. The number of methoxy groups -OCH3 is 1. The van der Waals surface area contributed by atoms with Gasteiger partial charge in [-0.05, 0) is 67.9 Å².